The van der Waals surface area contributed by atoms with E-state index in [2.05, 4.69) is 10.6 Å². The molecular formula is C19H19N3O6. The number of hydrogen-bond donors (Lipinski definition) is 2. The molecule has 0 bridgehead atoms. The van der Waals surface area contributed by atoms with Crippen LogP contribution in [-0.2, 0) is 32.1 Å². The maximum Gasteiger partial charge on any atom is 0.325 e. The highest BCUT2D eigenvalue weighted by atomic mass is 16.6. The second-order valence-corrected chi connectivity index (χ2v) is 5.80. The molecule has 0 heterocycles. The normalized spacial score (nSPS) is 10.0. The van der Waals surface area contributed by atoms with Crippen molar-refractivity contribution >= 4 is 23.5 Å². The monoisotopic (exact) mass is 385 g/mol. The van der Waals surface area contributed by atoms with Crippen LogP contribution in [-0.4, -0.2) is 35.8 Å². The Morgan fingerprint density at radius 2 is 1.57 bits per heavy atom. The lowest BCUT2D eigenvalue weighted by Gasteiger charge is -2.08. The van der Waals surface area contributed by atoms with Gasteiger partial charge in [-0.2, -0.15) is 0 Å². The van der Waals surface area contributed by atoms with Gasteiger partial charge in [-0.05, 0) is 11.1 Å². The third-order valence-corrected chi connectivity index (χ3v) is 3.60. The van der Waals surface area contributed by atoms with Crippen LogP contribution in [0.1, 0.15) is 11.1 Å². The van der Waals surface area contributed by atoms with Crippen LogP contribution in [0.4, 0.5) is 5.69 Å². The van der Waals surface area contributed by atoms with Gasteiger partial charge in [0.2, 0.25) is 11.8 Å². The highest BCUT2D eigenvalue weighted by molar-refractivity contribution is 5.87. The molecule has 28 heavy (non-hydrogen) atoms. The number of hydrogen-bond acceptors (Lipinski definition) is 6. The van der Waals surface area contributed by atoms with E-state index in [1.165, 1.54) is 18.2 Å². The molecule has 146 valence electrons. The fourth-order valence-electron chi connectivity index (χ4n) is 2.23. The first-order valence-corrected chi connectivity index (χ1v) is 8.40. The molecule has 0 atom stereocenters. The van der Waals surface area contributed by atoms with Gasteiger partial charge in [-0.15, -0.1) is 0 Å². The molecule has 0 saturated carbocycles. The molecule has 2 aromatic rings. The van der Waals surface area contributed by atoms with Crippen LogP contribution in [0, 0.1) is 10.1 Å². The van der Waals surface area contributed by atoms with Crippen LogP contribution in [0.2, 0.25) is 0 Å². The lowest BCUT2D eigenvalue weighted by Crippen LogP contribution is -2.39. The van der Waals surface area contributed by atoms with E-state index in [4.69, 9.17) is 4.74 Å². The molecule has 9 nitrogen and oxygen atoms in total. The van der Waals surface area contributed by atoms with Crippen molar-refractivity contribution in [2.24, 2.45) is 0 Å². The SMILES string of the molecule is O=C(CNC(=O)Cc1ccccc1)NCC(=O)OCc1cccc([N+](=O)[O-])c1. The molecule has 0 radical (unpaired) electrons. The predicted molar refractivity (Wildman–Crippen MR) is 99.1 cm³/mol. The Hall–Kier alpha value is -3.75. The molecule has 0 aliphatic rings. The molecule has 2 aromatic carbocycles. The number of nitrogens with zero attached hydrogens (tertiary/aromatic N) is 1. The van der Waals surface area contributed by atoms with Gasteiger partial charge in [0.15, 0.2) is 0 Å². The Labute approximate surface area is 160 Å². The highest BCUT2D eigenvalue weighted by Gasteiger charge is 2.10. The van der Waals surface area contributed by atoms with Gasteiger partial charge >= 0.3 is 5.97 Å². The van der Waals surface area contributed by atoms with Crippen molar-refractivity contribution < 1.29 is 24.0 Å². The van der Waals surface area contributed by atoms with Gasteiger partial charge in [0.1, 0.15) is 13.2 Å². The van der Waals surface area contributed by atoms with Crippen molar-refractivity contribution in [3.05, 3.63) is 75.8 Å². The van der Waals surface area contributed by atoms with E-state index >= 15 is 0 Å². The number of esters is 1. The number of carbonyl (C=O) groups excluding carboxylic acids is 3. The summed E-state index contributed by atoms with van der Waals surface area (Å²) in [5.74, 6) is -1.54. The van der Waals surface area contributed by atoms with Crippen LogP contribution in [0.15, 0.2) is 54.6 Å². The van der Waals surface area contributed by atoms with Crippen LogP contribution in [0.25, 0.3) is 0 Å². The number of carbonyl (C=O) groups is 3. The topological polar surface area (TPSA) is 128 Å². The minimum absolute atomic E-state index is 0.104. The summed E-state index contributed by atoms with van der Waals surface area (Å²) in [6.07, 6.45) is 0.152. The van der Waals surface area contributed by atoms with E-state index in [-0.39, 0.29) is 37.7 Å². The molecule has 2 amide bonds. The van der Waals surface area contributed by atoms with Crippen LogP contribution < -0.4 is 10.6 Å². The molecule has 0 aliphatic carbocycles. The maximum absolute atomic E-state index is 11.8. The first kappa shape index (κ1) is 20.6. The van der Waals surface area contributed by atoms with E-state index in [9.17, 15) is 24.5 Å². The first-order valence-electron chi connectivity index (χ1n) is 8.40. The Morgan fingerprint density at radius 1 is 0.893 bits per heavy atom. The third kappa shape index (κ3) is 7.24. The van der Waals surface area contributed by atoms with E-state index in [0.29, 0.717) is 5.56 Å². The molecule has 0 unspecified atom stereocenters. The quantitative estimate of drug-likeness (QED) is 0.378. The molecule has 9 heteroatoms. The number of ether oxygens (including phenoxy) is 1. The molecule has 0 aliphatic heterocycles. The lowest BCUT2D eigenvalue weighted by atomic mass is 10.1. The number of nitro groups is 1. The summed E-state index contributed by atoms with van der Waals surface area (Å²) >= 11 is 0. The van der Waals surface area contributed by atoms with Gasteiger partial charge in [-0.25, -0.2) is 0 Å². The van der Waals surface area contributed by atoms with E-state index in [1.54, 1.807) is 18.2 Å². The summed E-state index contributed by atoms with van der Waals surface area (Å²) in [6.45, 7) is -0.781. The van der Waals surface area contributed by atoms with E-state index < -0.39 is 16.8 Å². The van der Waals surface area contributed by atoms with Crippen molar-refractivity contribution in [1.29, 1.82) is 0 Å². The van der Waals surface area contributed by atoms with Gasteiger partial charge in [-0.1, -0.05) is 42.5 Å². The Balaban J connectivity index is 1.65. The number of non-ortho nitro benzene ring substituents is 1. The van der Waals surface area contributed by atoms with Crippen molar-refractivity contribution in [3.63, 3.8) is 0 Å². The first-order chi connectivity index (χ1) is 13.4. The second kappa shape index (κ2) is 10.4. The molecular weight excluding hydrogens is 366 g/mol. The van der Waals surface area contributed by atoms with Gasteiger partial charge in [0.05, 0.1) is 17.9 Å². The van der Waals surface area contributed by atoms with Crippen molar-refractivity contribution in [2.45, 2.75) is 13.0 Å². The number of rotatable bonds is 9. The second-order valence-electron chi connectivity index (χ2n) is 5.80. The van der Waals surface area contributed by atoms with E-state index in [0.717, 1.165) is 5.56 Å². The number of amides is 2. The van der Waals surface area contributed by atoms with Crippen LogP contribution >= 0.6 is 0 Å². The summed E-state index contributed by atoms with van der Waals surface area (Å²) in [5.41, 5.74) is 1.18. The Morgan fingerprint density at radius 3 is 2.29 bits per heavy atom. The zero-order valence-electron chi connectivity index (χ0n) is 14.9. The summed E-state index contributed by atoms with van der Waals surface area (Å²) in [5, 5.41) is 15.5. The minimum atomic E-state index is -0.699. The number of nitro benzene ring substituents is 1. The van der Waals surface area contributed by atoms with Gasteiger partial charge in [-0.3, -0.25) is 24.5 Å². The standard InChI is InChI=1S/C19H19N3O6/c23-17(10-14-5-2-1-3-6-14)20-11-18(24)21-12-19(25)28-13-15-7-4-8-16(9-15)22(26)27/h1-9H,10-13H2,(H,20,23)(H,21,24). The van der Waals surface area contributed by atoms with Gasteiger partial charge in [0.25, 0.3) is 5.69 Å². The summed E-state index contributed by atoms with van der Waals surface area (Å²) < 4.78 is 4.95. The average molecular weight is 385 g/mol. The molecule has 0 spiro atoms. The zero-order valence-corrected chi connectivity index (χ0v) is 14.9. The number of benzene rings is 2. The third-order valence-electron chi connectivity index (χ3n) is 3.60. The summed E-state index contributed by atoms with van der Waals surface area (Å²) in [4.78, 5) is 45.3. The van der Waals surface area contributed by atoms with Gasteiger partial charge in [0, 0.05) is 12.1 Å². The van der Waals surface area contributed by atoms with Crippen LogP contribution in [0.3, 0.4) is 0 Å². The zero-order chi connectivity index (χ0) is 20.4. The van der Waals surface area contributed by atoms with Gasteiger partial charge < -0.3 is 15.4 Å². The lowest BCUT2D eigenvalue weighted by molar-refractivity contribution is -0.384. The van der Waals surface area contributed by atoms with Crippen molar-refractivity contribution in [1.82, 2.24) is 10.6 Å². The fraction of sp³-hybridized carbons (Fsp3) is 0.211. The molecule has 0 aromatic heterocycles. The Bertz CT molecular complexity index is 854. The van der Waals surface area contributed by atoms with Crippen molar-refractivity contribution in [2.75, 3.05) is 13.1 Å². The molecule has 2 N–H and O–H groups in total. The smallest absolute Gasteiger partial charge is 0.325 e. The average Bonchev–Trinajstić information content (AvgIpc) is 2.70. The molecule has 0 saturated heterocycles. The summed E-state index contributed by atoms with van der Waals surface area (Å²) in [7, 11) is 0. The number of nitrogens with one attached hydrogen (secondary N) is 2. The summed E-state index contributed by atoms with van der Waals surface area (Å²) in [6, 6.07) is 14.8. The molecule has 2 rings (SSSR count). The Kier molecular flexibility index (Phi) is 7.64. The van der Waals surface area contributed by atoms with E-state index in [1.807, 2.05) is 18.2 Å². The highest BCUT2D eigenvalue weighted by Crippen LogP contribution is 2.13. The predicted octanol–water partition coefficient (Wildman–Crippen LogP) is 1.11. The fourth-order valence-corrected chi connectivity index (χ4v) is 2.23. The molecule has 0 fully saturated rings. The minimum Gasteiger partial charge on any atom is -0.459 e. The maximum atomic E-state index is 11.8. The van der Waals surface area contributed by atoms with Crippen LogP contribution in [0.5, 0.6) is 0 Å². The largest absolute Gasteiger partial charge is 0.459 e. The van der Waals surface area contributed by atoms with Crippen molar-refractivity contribution in [3.8, 4) is 0 Å².